The summed E-state index contributed by atoms with van der Waals surface area (Å²) in [6.07, 6.45) is 0. The van der Waals surface area contributed by atoms with E-state index in [0.29, 0.717) is 0 Å². The third-order valence-electron chi connectivity index (χ3n) is 12.2. The first-order valence-corrected chi connectivity index (χ1v) is 19.2. The molecule has 2 unspecified atom stereocenters. The van der Waals surface area contributed by atoms with E-state index in [1.165, 1.54) is 82.6 Å². The molecule has 0 aliphatic heterocycles. The molecule has 0 fully saturated rings. The van der Waals surface area contributed by atoms with Crippen LogP contribution < -0.4 is 0 Å². The topological polar surface area (TPSA) is 12.9 Å². The molecule has 0 amide bonds. The van der Waals surface area contributed by atoms with Crippen LogP contribution in [0.5, 0.6) is 0 Å². The minimum absolute atomic E-state index is 0.433. The maximum Gasteiger partial charge on any atom is 0.124 e. The Bertz CT molecular complexity index is 2920. The molecule has 12 rings (SSSR count). The second-order valence-electron chi connectivity index (χ2n) is 14.5. The van der Waals surface area contributed by atoms with Gasteiger partial charge in [0, 0.05) is 5.56 Å². The van der Waals surface area contributed by atoms with E-state index < -0.39 is 10.8 Å². The lowest BCUT2D eigenvalue weighted by molar-refractivity contribution is 0.636. The van der Waals surface area contributed by atoms with Crippen molar-refractivity contribution in [3.8, 4) is 44.0 Å². The van der Waals surface area contributed by atoms with Crippen molar-refractivity contribution in [3.63, 3.8) is 0 Å². The van der Waals surface area contributed by atoms with Gasteiger partial charge in [0.2, 0.25) is 0 Å². The largest absolute Gasteiger partial charge is 0.236 e. The minimum atomic E-state index is -0.495. The molecule has 3 aliphatic rings. The zero-order chi connectivity index (χ0) is 34.7. The van der Waals surface area contributed by atoms with Crippen molar-refractivity contribution in [2.75, 3.05) is 0 Å². The van der Waals surface area contributed by atoms with E-state index in [0.717, 1.165) is 16.1 Å². The van der Waals surface area contributed by atoms with Gasteiger partial charge in [-0.2, -0.15) is 0 Å². The first-order valence-electron chi connectivity index (χ1n) is 18.4. The van der Waals surface area contributed by atoms with Gasteiger partial charge in [-0.3, -0.25) is 0 Å². The maximum atomic E-state index is 4.95. The summed E-state index contributed by atoms with van der Waals surface area (Å²) in [6.45, 7) is 0. The van der Waals surface area contributed by atoms with E-state index >= 15 is 0 Å². The molecule has 0 radical (unpaired) electrons. The highest BCUT2D eigenvalue weighted by Crippen LogP contribution is 2.69. The molecule has 246 valence electrons. The molecule has 53 heavy (non-hydrogen) atoms. The molecular weight excluding hydrogens is 659 g/mol. The standard InChI is InChI=1S/C51H31NS/c1-2-14-34(15-3-1)50-39-20-6-4-16-36(39)37-19-13-25-44(48(37)50)51(42-23-9-8-22-41(42)50)40-21-7-5-17-38(40)47-35(18-12-24-43(47)51)32-28-30-33(31-29-32)49-52-45-26-10-11-27-46(45)53-49/h1-31H. The number of aromatic nitrogens is 1. The second kappa shape index (κ2) is 10.6. The summed E-state index contributed by atoms with van der Waals surface area (Å²) >= 11 is 1.75. The molecule has 0 bridgehead atoms. The number of para-hydroxylation sites is 1. The Balaban J connectivity index is 1.15. The predicted octanol–water partition coefficient (Wildman–Crippen LogP) is 12.7. The number of rotatable bonds is 3. The number of hydrogen-bond acceptors (Lipinski definition) is 2. The van der Waals surface area contributed by atoms with Crippen molar-refractivity contribution in [1.82, 2.24) is 4.98 Å². The highest BCUT2D eigenvalue weighted by atomic mass is 32.1. The average molecular weight is 690 g/mol. The van der Waals surface area contributed by atoms with Crippen LogP contribution in [0.25, 0.3) is 54.2 Å². The average Bonchev–Trinajstić information content (AvgIpc) is 3.90. The Hall–Kier alpha value is -6.35. The second-order valence-corrected chi connectivity index (χ2v) is 15.6. The molecule has 3 aliphatic carbocycles. The van der Waals surface area contributed by atoms with Gasteiger partial charge < -0.3 is 0 Å². The summed E-state index contributed by atoms with van der Waals surface area (Å²) in [4.78, 5) is 4.95. The minimum Gasteiger partial charge on any atom is -0.236 e. The fourth-order valence-electron chi connectivity index (χ4n) is 10.3. The quantitative estimate of drug-likeness (QED) is 0.180. The zero-order valence-electron chi connectivity index (χ0n) is 28.8. The van der Waals surface area contributed by atoms with Crippen LogP contribution in [0.2, 0.25) is 0 Å². The third-order valence-corrected chi connectivity index (χ3v) is 13.3. The molecule has 1 spiro atoms. The number of benzene rings is 8. The monoisotopic (exact) mass is 689 g/mol. The van der Waals surface area contributed by atoms with E-state index in [-0.39, 0.29) is 0 Å². The van der Waals surface area contributed by atoms with Gasteiger partial charge in [-0.1, -0.05) is 176 Å². The van der Waals surface area contributed by atoms with Gasteiger partial charge in [0.1, 0.15) is 5.01 Å². The van der Waals surface area contributed by atoms with E-state index in [1.807, 2.05) is 0 Å². The Morgan fingerprint density at radius 3 is 1.68 bits per heavy atom. The van der Waals surface area contributed by atoms with Crippen molar-refractivity contribution in [3.05, 3.63) is 233 Å². The first-order chi connectivity index (χ1) is 26.3. The van der Waals surface area contributed by atoms with E-state index in [4.69, 9.17) is 4.98 Å². The van der Waals surface area contributed by atoms with Crippen LogP contribution in [0.3, 0.4) is 0 Å². The molecular formula is C51H31NS. The Morgan fingerprint density at radius 2 is 0.906 bits per heavy atom. The van der Waals surface area contributed by atoms with Crippen LogP contribution in [0.1, 0.15) is 44.5 Å². The number of thiazole rings is 1. The van der Waals surface area contributed by atoms with Crippen molar-refractivity contribution in [1.29, 1.82) is 0 Å². The molecule has 2 heteroatoms. The smallest absolute Gasteiger partial charge is 0.124 e. The Labute approximate surface area is 312 Å². The van der Waals surface area contributed by atoms with Gasteiger partial charge in [0.25, 0.3) is 0 Å². The van der Waals surface area contributed by atoms with Crippen LogP contribution in [0.4, 0.5) is 0 Å². The van der Waals surface area contributed by atoms with Crippen LogP contribution in [0, 0.1) is 0 Å². The number of fused-ring (bicyclic) bond motifs is 13. The van der Waals surface area contributed by atoms with Gasteiger partial charge >= 0.3 is 0 Å². The molecule has 1 heterocycles. The summed E-state index contributed by atoms with van der Waals surface area (Å²) in [5.41, 5.74) is 20.0. The van der Waals surface area contributed by atoms with Crippen molar-refractivity contribution >= 4 is 21.6 Å². The molecule has 0 saturated carbocycles. The number of hydrogen-bond donors (Lipinski definition) is 0. The van der Waals surface area contributed by atoms with Crippen molar-refractivity contribution in [2.45, 2.75) is 10.8 Å². The van der Waals surface area contributed by atoms with Gasteiger partial charge in [-0.25, -0.2) is 4.98 Å². The predicted molar refractivity (Wildman–Crippen MR) is 219 cm³/mol. The highest BCUT2D eigenvalue weighted by molar-refractivity contribution is 7.21. The lowest BCUT2D eigenvalue weighted by Crippen LogP contribution is -2.43. The Morgan fingerprint density at radius 1 is 0.358 bits per heavy atom. The SMILES string of the molecule is c1ccc(C23c4ccccc4-c4cccc(c42)C2(c4ccccc4-c4c(-c5ccc(-c6nc7ccccc7s6)cc5)cccc42)c2ccccc23)cc1. The van der Waals surface area contributed by atoms with Crippen LogP contribution in [0.15, 0.2) is 188 Å². The fourth-order valence-corrected chi connectivity index (χ4v) is 11.3. The van der Waals surface area contributed by atoms with Gasteiger partial charge in [0.15, 0.2) is 0 Å². The van der Waals surface area contributed by atoms with Crippen molar-refractivity contribution < 1.29 is 0 Å². The lowest BCUT2D eigenvalue weighted by Gasteiger charge is -2.48. The number of nitrogens with zero attached hydrogens (tertiary/aromatic N) is 1. The van der Waals surface area contributed by atoms with Crippen LogP contribution >= 0.6 is 11.3 Å². The molecule has 8 aromatic carbocycles. The maximum absolute atomic E-state index is 4.95. The van der Waals surface area contributed by atoms with E-state index in [9.17, 15) is 0 Å². The van der Waals surface area contributed by atoms with Crippen LogP contribution in [-0.4, -0.2) is 4.98 Å². The Kier molecular flexibility index (Phi) is 5.85. The van der Waals surface area contributed by atoms with E-state index in [1.54, 1.807) is 11.3 Å². The van der Waals surface area contributed by atoms with E-state index in [2.05, 4.69) is 188 Å². The summed E-state index contributed by atoms with van der Waals surface area (Å²) in [6, 6.07) is 70.4. The highest BCUT2D eigenvalue weighted by Gasteiger charge is 2.59. The molecule has 1 aromatic heterocycles. The van der Waals surface area contributed by atoms with Crippen molar-refractivity contribution in [2.24, 2.45) is 0 Å². The van der Waals surface area contributed by atoms with Crippen LogP contribution in [-0.2, 0) is 10.8 Å². The van der Waals surface area contributed by atoms with Gasteiger partial charge in [-0.05, 0) is 90.0 Å². The normalized spacial score (nSPS) is 18.3. The summed E-state index contributed by atoms with van der Waals surface area (Å²) < 4.78 is 1.22. The third kappa shape index (κ3) is 3.59. The molecule has 0 saturated heterocycles. The van der Waals surface area contributed by atoms with Gasteiger partial charge in [0.05, 0.1) is 21.0 Å². The summed E-state index contributed by atoms with van der Waals surface area (Å²) in [5, 5.41) is 1.06. The fraction of sp³-hybridized carbons (Fsp3) is 0.0392. The molecule has 2 atom stereocenters. The zero-order valence-corrected chi connectivity index (χ0v) is 29.6. The molecule has 0 N–H and O–H groups in total. The molecule has 9 aromatic rings. The molecule has 1 nitrogen and oxygen atoms in total. The first kappa shape index (κ1) is 29.3. The van der Waals surface area contributed by atoms with Gasteiger partial charge in [-0.15, -0.1) is 11.3 Å². The summed E-state index contributed by atoms with van der Waals surface area (Å²) in [5.74, 6) is 0. The summed E-state index contributed by atoms with van der Waals surface area (Å²) in [7, 11) is 0. The lowest BCUT2D eigenvalue weighted by atomic mass is 9.52.